The van der Waals surface area contributed by atoms with E-state index in [1.165, 1.54) is 18.9 Å². The van der Waals surface area contributed by atoms with Crippen molar-refractivity contribution in [3.05, 3.63) is 76.7 Å². The van der Waals surface area contributed by atoms with E-state index < -0.39 is 0 Å². The van der Waals surface area contributed by atoms with Crippen molar-refractivity contribution in [2.45, 2.75) is 43.8 Å². The summed E-state index contributed by atoms with van der Waals surface area (Å²) in [5, 5.41) is 3.85. The Morgan fingerprint density at radius 2 is 1.60 bits per heavy atom. The number of nitrogens with zero attached hydrogens (tertiary/aromatic N) is 5. The topological polar surface area (TPSA) is 91.8 Å². The van der Waals surface area contributed by atoms with E-state index in [2.05, 4.69) is 33.4 Å². The number of benzene rings is 2. The molecule has 0 radical (unpaired) electrons. The molecule has 1 saturated carbocycles. The maximum Gasteiger partial charge on any atom is 0.247 e. The molecule has 3 aromatic rings. The number of aliphatic imine (C=N–C) groups is 1. The second kappa shape index (κ2) is 14.0. The minimum Gasteiger partial charge on any atom is -0.496 e. The number of hydrogen-bond donors (Lipinski definition) is 1. The van der Waals surface area contributed by atoms with Crippen LogP contribution in [0, 0.1) is 0 Å². The van der Waals surface area contributed by atoms with Gasteiger partial charge in [0.15, 0.2) is 0 Å². The van der Waals surface area contributed by atoms with Crippen molar-refractivity contribution < 1.29 is 19.0 Å². The molecule has 50 heavy (non-hydrogen) atoms. The number of rotatable bonds is 11. The standard InChI is InChI=1S/C38H40Cl2N6O4/c1-6-35(47)43-29-14-27(32(48-3)16-31(29)46-25-9-10-26(46)21-45(20-25)24-7-8-24)28-15-30-22(18-42-28)13-23(19-44(30)12-11-41-2)36-37(39)33(49-4)17-34(50-5)38(36)40/h6,11-18,24-26H,1-2,7-10,19-21H2,3-5H3,(H,43,47)/b12-11-. The highest BCUT2D eigenvalue weighted by Crippen LogP contribution is 2.48. The maximum atomic E-state index is 12.8. The predicted molar refractivity (Wildman–Crippen MR) is 202 cm³/mol. The molecule has 3 aliphatic heterocycles. The number of anilines is 3. The van der Waals surface area contributed by atoms with Gasteiger partial charge in [0.05, 0.1) is 54.1 Å². The van der Waals surface area contributed by atoms with E-state index in [0.717, 1.165) is 60.0 Å². The van der Waals surface area contributed by atoms with Gasteiger partial charge < -0.3 is 29.3 Å². The second-order valence-electron chi connectivity index (χ2n) is 12.9. The van der Waals surface area contributed by atoms with E-state index in [4.69, 9.17) is 42.4 Å². The summed E-state index contributed by atoms with van der Waals surface area (Å²) >= 11 is 13.7. The number of amides is 1. The third-order valence-corrected chi connectivity index (χ3v) is 10.8. The number of halogens is 2. The van der Waals surface area contributed by atoms with Crippen LogP contribution >= 0.6 is 23.2 Å². The van der Waals surface area contributed by atoms with Gasteiger partial charge in [-0.3, -0.25) is 19.7 Å². The molecule has 2 saturated heterocycles. The molecular formula is C38H40Cl2N6O4. The summed E-state index contributed by atoms with van der Waals surface area (Å²) in [6, 6.07) is 9.15. The number of carbonyl (C=O) groups is 1. The van der Waals surface area contributed by atoms with E-state index in [-0.39, 0.29) is 5.91 Å². The number of nitrogens with one attached hydrogen (secondary N) is 1. The summed E-state index contributed by atoms with van der Waals surface area (Å²) in [6.07, 6.45) is 13.4. The number of methoxy groups -OCH3 is 3. The van der Waals surface area contributed by atoms with E-state index in [0.29, 0.717) is 62.9 Å². The molecule has 2 unspecified atom stereocenters. The lowest BCUT2D eigenvalue weighted by Crippen LogP contribution is -2.54. The van der Waals surface area contributed by atoms with Gasteiger partial charge in [0.1, 0.15) is 17.2 Å². The highest BCUT2D eigenvalue weighted by Gasteiger charge is 2.45. The van der Waals surface area contributed by atoms with Crippen LogP contribution in [-0.4, -0.2) is 81.6 Å². The summed E-state index contributed by atoms with van der Waals surface area (Å²) in [5.41, 5.74) is 6.22. The highest BCUT2D eigenvalue weighted by molar-refractivity contribution is 6.40. The summed E-state index contributed by atoms with van der Waals surface area (Å²) in [5.74, 6) is 1.29. The molecule has 4 heterocycles. The number of piperazine rings is 1. The van der Waals surface area contributed by atoms with Crippen LogP contribution in [0.5, 0.6) is 17.2 Å². The molecule has 3 fully saturated rings. The first-order valence-electron chi connectivity index (χ1n) is 16.7. The van der Waals surface area contributed by atoms with Gasteiger partial charge in [0.2, 0.25) is 5.91 Å². The molecule has 4 aliphatic rings. The van der Waals surface area contributed by atoms with Gasteiger partial charge in [-0.05, 0) is 62.3 Å². The quantitative estimate of drug-likeness (QED) is 0.161. The van der Waals surface area contributed by atoms with Crippen LogP contribution in [0.2, 0.25) is 10.0 Å². The molecule has 2 atom stereocenters. The molecule has 1 aromatic heterocycles. The smallest absolute Gasteiger partial charge is 0.247 e. The SMILES string of the molecule is C=CC(=O)Nc1cc(-c2cc3c(cn2)C=C(c2c(Cl)c(OC)cc(OC)c2Cl)CN3/C=C\N=C)c(OC)cc1N1C2CCC1CN(C1CC1)C2. The third kappa shape index (κ3) is 6.20. The number of aromatic nitrogens is 1. The Labute approximate surface area is 302 Å². The van der Waals surface area contributed by atoms with Crippen molar-refractivity contribution in [2.24, 2.45) is 4.99 Å². The van der Waals surface area contributed by atoms with Gasteiger partial charge in [-0.15, -0.1) is 0 Å². The summed E-state index contributed by atoms with van der Waals surface area (Å²) < 4.78 is 17.1. The number of ether oxygens (including phenoxy) is 3. The van der Waals surface area contributed by atoms with Gasteiger partial charge in [-0.25, -0.2) is 0 Å². The average molecular weight is 716 g/mol. The molecule has 1 amide bonds. The van der Waals surface area contributed by atoms with Crippen molar-refractivity contribution in [3.63, 3.8) is 0 Å². The fourth-order valence-corrected chi connectivity index (χ4v) is 8.29. The Hall–Kier alpha value is -4.51. The fraction of sp³-hybridized carbons (Fsp3) is 0.342. The monoisotopic (exact) mass is 714 g/mol. The lowest BCUT2D eigenvalue weighted by atomic mass is 9.96. The van der Waals surface area contributed by atoms with Gasteiger partial charge in [0.25, 0.3) is 0 Å². The van der Waals surface area contributed by atoms with Crippen molar-refractivity contribution in [2.75, 3.05) is 56.1 Å². The van der Waals surface area contributed by atoms with Gasteiger partial charge >= 0.3 is 0 Å². The minimum absolute atomic E-state index is 0.276. The summed E-state index contributed by atoms with van der Waals surface area (Å²) in [6.45, 7) is 9.80. The normalized spacial score (nSPS) is 20.0. The van der Waals surface area contributed by atoms with Crippen LogP contribution in [0.4, 0.5) is 17.1 Å². The number of pyridine rings is 1. The molecule has 12 heteroatoms. The largest absolute Gasteiger partial charge is 0.496 e. The second-order valence-corrected chi connectivity index (χ2v) is 13.7. The van der Waals surface area contributed by atoms with Gasteiger partial charge in [0, 0.05) is 85.2 Å². The predicted octanol–water partition coefficient (Wildman–Crippen LogP) is 7.55. The zero-order valence-electron chi connectivity index (χ0n) is 28.4. The molecule has 1 N–H and O–H groups in total. The molecule has 1 aliphatic carbocycles. The van der Waals surface area contributed by atoms with E-state index in [9.17, 15) is 4.79 Å². The van der Waals surface area contributed by atoms with Crippen LogP contribution in [0.25, 0.3) is 22.9 Å². The Bertz CT molecular complexity index is 1880. The molecule has 2 bridgehead atoms. The van der Waals surface area contributed by atoms with Crippen molar-refractivity contribution in [3.8, 4) is 28.5 Å². The minimum atomic E-state index is -0.276. The first-order chi connectivity index (χ1) is 24.3. The van der Waals surface area contributed by atoms with Crippen molar-refractivity contribution in [1.29, 1.82) is 0 Å². The number of likely N-dealkylation sites (tertiary alicyclic amines) is 1. The van der Waals surface area contributed by atoms with Gasteiger partial charge in [-0.2, -0.15) is 0 Å². The van der Waals surface area contributed by atoms with Crippen LogP contribution in [0.3, 0.4) is 0 Å². The van der Waals surface area contributed by atoms with Crippen LogP contribution in [0.15, 0.2) is 60.5 Å². The van der Waals surface area contributed by atoms with E-state index in [1.54, 1.807) is 39.8 Å². The fourth-order valence-electron chi connectivity index (χ4n) is 7.55. The van der Waals surface area contributed by atoms with Crippen molar-refractivity contribution in [1.82, 2.24) is 9.88 Å². The van der Waals surface area contributed by atoms with E-state index >= 15 is 0 Å². The maximum absolute atomic E-state index is 12.8. The number of hydrogen-bond acceptors (Lipinski definition) is 9. The number of fused-ring (bicyclic) bond motifs is 3. The highest BCUT2D eigenvalue weighted by atomic mass is 35.5. The third-order valence-electron chi connectivity index (χ3n) is 10.0. The molecule has 260 valence electrons. The first kappa shape index (κ1) is 34.0. The van der Waals surface area contributed by atoms with Crippen LogP contribution in [0.1, 0.15) is 36.8 Å². The lowest BCUT2D eigenvalue weighted by molar-refractivity contribution is -0.111. The van der Waals surface area contributed by atoms with Crippen LogP contribution in [-0.2, 0) is 4.79 Å². The zero-order valence-corrected chi connectivity index (χ0v) is 29.9. The van der Waals surface area contributed by atoms with E-state index in [1.807, 2.05) is 35.4 Å². The first-order valence-corrected chi connectivity index (χ1v) is 17.4. The Morgan fingerprint density at radius 1 is 0.940 bits per heavy atom. The molecule has 10 nitrogen and oxygen atoms in total. The summed E-state index contributed by atoms with van der Waals surface area (Å²) in [4.78, 5) is 28.8. The number of carbonyl (C=O) groups excluding carboxylic acids is 1. The zero-order chi connectivity index (χ0) is 35.1. The lowest BCUT2D eigenvalue weighted by Gasteiger charge is -2.43. The average Bonchev–Trinajstić information content (AvgIpc) is 3.95. The van der Waals surface area contributed by atoms with Gasteiger partial charge in [-0.1, -0.05) is 29.8 Å². The Morgan fingerprint density at radius 3 is 2.20 bits per heavy atom. The molecule has 2 aromatic carbocycles. The van der Waals surface area contributed by atoms with Crippen LogP contribution < -0.4 is 29.3 Å². The molecule has 0 spiro atoms. The Kier molecular flexibility index (Phi) is 9.52. The van der Waals surface area contributed by atoms with Crippen molar-refractivity contribution >= 4 is 64.5 Å². The summed E-state index contributed by atoms with van der Waals surface area (Å²) in [7, 11) is 4.76. The molecule has 7 rings (SSSR count). The molecular weight excluding hydrogens is 675 g/mol. The Balaban J connectivity index is 1.32.